The second-order valence-electron chi connectivity index (χ2n) is 19.2. The molecule has 0 aromatic heterocycles. The molecule has 1 aliphatic heterocycles. The summed E-state index contributed by atoms with van der Waals surface area (Å²) >= 11 is 0. The van der Waals surface area contributed by atoms with Crippen molar-refractivity contribution in [2.24, 2.45) is 0 Å². The van der Waals surface area contributed by atoms with Crippen LogP contribution < -0.4 is 0 Å². The van der Waals surface area contributed by atoms with E-state index < -0.39 is 67.3 Å². The van der Waals surface area contributed by atoms with Gasteiger partial charge in [-0.2, -0.15) is 0 Å². The topological polar surface area (TPSA) is 175 Å². The van der Waals surface area contributed by atoms with Crippen molar-refractivity contribution in [3.63, 3.8) is 0 Å². The number of carbonyl (C=O) groups excluding carboxylic acids is 3. The van der Waals surface area contributed by atoms with Crippen molar-refractivity contribution in [1.82, 2.24) is 0 Å². The van der Waals surface area contributed by atoms with Crippen molar-refractivity contribution >= 4 is 23.9 Å². The van der Waals surface area contributed by atoms with Gasteiger partial charge in [0.15, 0.2) is 24.6 Å². The average molecular weight is 1100 g/mol. The van der Waals surface area contributed by atoms with E-state index in [4.69, 9.17) is 23.7 Å². The number of esters is 3. The summed E-state index contributed by atoms with van der Waals surface area (Å²) in [5.41, 5.74) is 0. The zero-order chi connectivity index (χ0) is 57.5. The first-order valence-electron chi connectivity index (χ1n) is 29.5. The molecule has 12 nitrogen and oxygen atoms in total. The maximum Gasteiger partial charge on any atom is 0.335 e. The summed E-state index contributed by atoms with van der Waals surface area (Å²) in [4.78, 5) is 51.0. The average Bonchev–Trinajstić information content (AvgIpc) is 3.46. The Bertz CT molecular complexity index is 1980. The molecule has 1 heterocycles. The van der Waals surface area contributed by atoms with Crippen LogP contribution in [0.5, 0.6) is 0 Å². The van der Waals surface area contributed by atoms with E-state index in [1.807, 2.05) is 30.4 Å². The van der Waals surface area contributed by atoms with Crippen LogP contribution in [0, 0.1) is 0 Å². The molecule has 6 atom stereocenters. The molecule has 1 saturated heterocycles. The lowest BCUT2D eigenvalue weighted by Gasteiger charge is -2.40. The number of hydrogen-bond donors (Lipinski definition) is 3. The van der Waals surface area contributed by atoms with Gasteiger partial charge < -0.3 is 39.0 Å². The molecule has 3 N–H and O–H groups in total. The van der Waals surface area contributed by atoms with Gasteiger partial charge in [0.25, 0.3) is 0 Å². The van der Waals surface area contributed by atoms with Crippen molar-refractivity contribution in [1.29, 1.82) is 0 Å². The van der Waals surface area contributed by atoms with Crippen LogP contribution in [0.25, 0.3) is 0 Å². The highest BCUT2D eigenvalue weighted by atomic mass is 16.7. The summed E-state index contributed by atoms with van der Waals surface area (Å²) in [6.07, 6.45) is 65.5. The van der Waals surface area contributed by atoms with Crippen LogP contribution in [-0.4, -0.2) is 89.2 Å². The van der Waals surface area contributed by atoms with Gasteiger partial charge in [-0.15, -0.1) is 0 Å². The van der Waals surface area contributed by atoms with E-state index >= 15 is 0 Å². The Morgan fingerprint density at radius 3 is 1.28 bits per heavy atom. The predicted molar refractivity (Wildman–Crippen MR) is 321 cm³/mol. The lowest BCUT2D eigenvalue weighted by atomic mass is 9.98. The number of carbonyl (C=O) groups is 4. The first kappa shape index (κ1) is 71.4. The van der Waals surface area contributed by atoms with Crippen LogP contribution in [0.1, 0.15) is 188 Å². The number of unbranched alkanes of at least 4 members (excludes halogenated alkanes) is 9. The second kappa shape index (κ2) is 53.0. The van der Waals surface area contributed by atoms with Crippen LogP contribution in [-0.2, 0) is 42.9 Å². The Labute approximate surface area is 475 Å². The Morgan fingerprint density at radius 2 is 0.835 bits per heavy atom. The molecular formula is C67H100O12. The van der Waals surface area contributed by atoms with Crippen molar-refractivity contribution < 1.29 is 58.2 Å². The molecule has 0 aromatic carbocycles. The van der Waals surface area contributed by atoms with Gasteiger partial charge in [-0.1, -0.05) is 217 Å². The van der Waals surface area contributed by atoms with Crippen LogP contribution in [0.3, 0.4) is 0 Å². The molecule has 1 rings (SSSR count). The predicted octanol–water partition coefficient (Wildman–Crippen LogP) is 15.3. The highest BCUT2D eigenvalue weighted by molar-refractivity contribution is 5.74. The van der Waals surface area contributed by atoms with Crippen LogP contribution >= 0.6 is 0 Å². The normalized spacial score (nSPS) is 19.0. The second-order valence-corrected chi connectivity index (χ2v) is 19.2. The largest absolute Gasteiger partial charge is 0.479 e. The smallest absolute Gasteiger partial charge is 0.335 e. The molecule has 0 radical (unpaired) electrons. The van der Waals surface area contributed by atoms with Gasteiger partial charge in [0.05, 0.1) is 19.4 Å². The summed E-state index contributed by atoms with van der Waals surface area (Å²) in [6.45, 7) is 5.57. The fraction of sp³-hybridized carbons (Fsp3) is 0.552. The Morgan fingerprint density at radius 1 is 0.443 bits per heavy atom. The highest BCUT2D eigenvalue weighted by Crippen LogP contribution is 2.26. The maximum atomic E-state index is 13.1. The minimum Gasteiger partial charge on any atom is -0.479 e. The minimum atomic E-state index is -1.96. The zero-order valence-electron chi connectivity index (χ0n) is 48.3. The van der Waals surface area contributed by atoms with Crippen molar-refractivity contribution in [3.05, 3.63) is 158 Å². The monoisotopic (exact) mass is 1100 g/mol. The van der Waals surface area contributed by atoms with Gasteiger partial charge in [-0.25, -0.2) is 4.79 Å². The third kappa shape index (κ3) is 42.9. The van der Waals surface area contributed by atoms with Crippen molar-refractivity contribution in [3.8, 4) is 0 Å². The molecule has 0 bridgehead atoms. The molecule has 12 heteroatoms. The first-order valence-corrected chi connectivity index (χ1v) is 29.5. The molecule has 79 heavy (non-hydrogen) atoms. The number of rotatable bonds is 47. The number of carboxylic acids is 1. The fourth-order valence-electron chi connectivity index (χ4n) is 7.70. The van der Waals surface area contributed by atoms with E-state index in [9.17, 15) is 34.5 Å². The highest BCUT2D eigenvalue weighted by Gasteiger charge is 2.50. The number of aliphatic carboxylic acids is 1. The summed E-state index contributed by atoms with van der Waals surface area (Å²) in [5, 5.41) is 31.4. The summed E-state index contributed by atoms with van der Waals surface area (Å²) in [5.74, 6) is -3.50. The number of ether oxygens (including phenoxy) is 5. The SMILES string of the molecule is CC/C=C\C/C=C\C/C=C\C/C=C\C/C=C\CC(=O)OC(COC(=O)CCCCCCCC/C=C\C/C=C\C/C=C\CCCCC)COC1OC(C(=O)O)C(O)C(O)C1OC(=O)C/C=C\C/C=C\C/C=C\C/C=C\C/C=C\CC. The molecule has 0 aliphatic carbocycles. The molecule has 440 valence electrons. The third-order valence-corrected chi connectivity index (χ3v) is 12.1. The van der Waals surface area contributed by atoms with Gasteiger partial charge in [-0.05, 0) is 109 Å². The summed E-state index contributed by atoms with van der Waals surface area (Å²) in [7, 11) is 0. The van der Waals surface area contributed by atoms with Crippen molar-refractivity contribution in [2.45, 2.75) is 225 Å². The lowest BCUT2D eigenvalue weighted by Crippen LogP contribution is -2.61. The molecule has 0 amide bonds. The quantitative estimate of drug-likeness (QED) is 0.0228. The standard InChI is InChI=1S/C67H100O12/c1-4-7-10-13-16-19-22-25-28-29-30-31-34-35-38-41-44-47-50-53-59(68)75-56-58(77-60(69)54-51-48-45-42-39-36-32-26-23-20-17-14-11-8-5-2)57-76-67-65(63(72)62(71)64(79-67)66(73)74)78-61(70)55-52-49-46-43-40-37-33-27-24-21-18-15-12-9-6-3/h8-9,11-12,16-21,25-28,30-33,39-40,42-43,48-49,51-52,58,62-65,67,71-72H,4-7,10,13-15,22-24,29,34-38,41,44-47,50,53-57H2,1-3H3,(H,73,74)/b11-8-,12-9-,19-16-,20-17-,21-18-,28-25-,31-30-,32-26-,33-27-,42-39-,43-40-,51-48-,52-49-. The molecule has 0 aromatic rings. The van der Waals surface area contributed by atoms with E-state index in [1.165, 1.54) is 25.7 Å². The van der Waals surface area contributed by atoms with Gasteiger partial charge in [0.2, 0.25) is 0 Å². The molecule has 6 unspecified atom stereocenters. The summed E-state index contributed by atoms with van der Waals surface area (Å²) < 4.78 is 28.1. The lowest BCUT2D eigenvalue weighted by molar-refractivity contribution is -0.301. The summed E-state index contributed by atoms with van der Waals surface area (Å²) in [6, 6.07) is 0. The fourth-order valence-corrected chi connectivity index (χ4v) is 7.70. The molecule has 1 aliphatic rings. The van der Waals surface area contributed by atoms with E-state index in [0.717, 1.165) is 103 Å². The first-order chi connectivity index (χ1) is 38.6. The van der Waals surface area contributed by atoms with E-state index in [1.54, 1.807) is 18.2 Å². The Hall–Kier alpha value is -5.66. The van der Waals surface area contributed by atoms with Gasteiger partial charge in [0, 0.05) is 6.42 Å². The van der Waals surface area contributed by atoms with Crippen LogP contribution in [0.4, 0.5) is 0 Å². The van der Waals surface area contributed by atoms with E-state index in [2.05, 4.69) is 130 Å². The van der Waals surface area contributed by atoms with Crippen molar-refractivity contribution in [2.75, 3.05) is 13.2 Å². The number of hydrogen-bond acceptors (Lipinski definition) is 11. The molecular weight excluding hydrogens is 997 g/mol. The number of allylic oxidation sites excluding steroid dienone is 24. The van der Waals surface area contributed by atoms with Gasteiger partial charge in [0.1, 0.15) is 18.8 Å². The van der Waals surface area contributed by atoms with E-state index in [0.29, 0.717) is 19.3 Å². The number of aliphatic hydroxyl groups excluding tert-OH is 2. The Kier molecular flexibility index (Phi) is 47.9. The molecule has 1 fully saturated rings. The number of carboxylic acid groups (broad SMARTS) is 1. The van der Waals surface area contributed by atoms with Crippen LogP contribution in [0.2, 0.25) is 0 Å². The van der Waals surface area contributed by atoms with E-state index in [-0.39, 0.29) is 25.9 Å². The third-order valence-electron chi connectivity index (χ3n) is 12.1. The molecule has 0 saturated carbocycles. The Balaban J connectivity index is 2.80. The molecule has 0 spiro atoms. The maximum absolute atomic E-state index is 13.1. The van der Waals surface area contributed by atoms with Crippen LogP contribution in [0.15, 0.2) is 158 Å². The van der Waals surface area contributed by atoms with Gasteiger partial charge >= 0.3 is 23.9 Å². The minimum absolute atomic E-state index is 0.0923. The number of aliphatic hydroxyl groups is 2. The zero-order valence-corrected chi connectivity index (χ0v) is 48.3. The van der Waals surface area contributed by atoms with Gasteiger partial charge in [-0.3, -0.25) is 14.4 Å².